The van der Waals surface area contributed by atoms with Crippen LogP contribution in [-0.2, 0) is 9.59 Å². The van der Waals surface area contributed by atoms with Gasteiger partial charge in [-0.25, -0.2) is 15.1 Å². The predicted octanol–water partition coefficient (Wildman–Crippen LogP) is -0.277. The lowest BCUT2D eigenvalue weighted by molar-refractivity contribution is -0.525. The highest BCUT2D eigenvalue weighted by atomic mass is 16.7. The highest BCUT2D eigenvalue weighted by Crippen LogP contribution is 2.15. The maximum Gasteiger partial charge on any atom is 0.475 e. The van der Waals surface area contributed by atoms with Crippen molar-refractivity contribution in [3.05, 3.63) is 34.9 Å². The van der Waals surface area contributed by atoms with Gasteiger partial charge in [0, 0.05) is 18.9 Å². The van der Waals surface area contributed by atoms with Crippen LogP contribution in [0, 0.1) is 22.0 Å². The van der Waals surface area contributed by atoms with Gasteiger partial charge in [0.1, 0.15) is 0 Å². The van der Waals surface area contributed by atoms with Gasteiger partial charge in [0.15, 0.2) is 10.8 Å². The molecule has 0 aliphatic heterocycles. The Balaban J connectivity index is 5.04. The fourth-order valence-electron chi connectivity index (χ4n) is 2.54. The molecule has 12 heteroatoms. The van der Waals surface area contributed by atoms with E-state index >= 15 is 0 Å². The van der Waals surface area contributed by atoms with Crippen molar-refractivity contribution in [3.8, 4) is 0 Å². The molecule has 0 saturated heterocycles. The van der Waals surface area contributed by atoms with Crippen LogP contribution < -0.4 is 16.5 Å². The summed E-state index contributed by atoms with van der Waals surface area (Å²) in [4.78, 5) is 38.7. The minimum Gasteiger partial charge on any atom is -0.426 e. The van der Waals surface area contributed by atoms with E-state index in [-0.39, 0.29) is 37.0 Å². The van der Waals surface area contributed by atoms with Crippen LogP contribution >= 0.6 is 0 Å². The molecule has 0 radical (unpaired) electrons. The van der Waals surface area contributed by atoms with Gasteiger partial charge in [-0.1, -0.05) is 38.0 Å². The molecule has 0 saturated carbocycles. The van der Waals surface area contributed by atoms with E-state index in [4.69, 9.17) is 5.73 Å². The van der Waals surface area contributed by atoms with E-state index in [1.165, 1.54) is 18.2 Å². The molecule has 0 bridgehead atoms. The van der Waals surface area contributed by atoms with Crippen molar-refractivity contribution in [2.24, 2.45) is 22.6 Å². The molecule has 0 aromatic heterocycles. The van der Waals surface area contributed by atoms with Gasteiger partial charge in [-0.05, 0) is 31.3 Å². The van der Waals surface area contributed by atoms with E-state index in [9.17, 15) is 29.8 Å². The lowest BCUT2D eigenvalue weighted by atomic mass is 9.74. The quantitative estimate of drug-likeness (QED) is 0.0378. The maximum atomic E-state index is 12.6. The second-order valence-corrected chi connectivity index (χ2v) is 6.90. The first-order chi connectivity index (χ1) is 13.6. The first kappa shape index (κ1) is 26.3. The monoisotopic (exact) mass is 411 g/mol. The second-order valence-electron chi connectivity index (χ2n) is 6.90. The molecule has 0 aromatic rings. The Bertz CT molecular complexity index is 623. The molecule has 0 fully saturated rings. The summed E-state index contributed by atoms with van der Waals surface area (Å²) in [5, 5.41) is 31.0. The number of hydrogen-bond acceptors (Lipinski definition) is 7. The molecule has 0 aliphatic rings. The number of nitrogens with zero attached hydrogens (tertiary/aromatic N) is 2. The molecule has 6 N–H and O–H groups in total. The molecule has 0 heterocycles. The zero-order valence-electron chi connectivity index (χ0n) is 16.8. The number of allylic oxidation sites excluding steroid dienone is 3. The minimum atomic E-state index is -1.73. The van der Waals surface area contributed by atoms with Gasteiger partial charge in [0.25, 0.3) is 5.96 Å². The van der Waals surface area contributed by atoms with Crippen molar-refractivity contribution in [3.63, 3.8) is 0 Å². The molecule has 162 valence electrons. The van der Waals surface area contributed by atoms with Gasteiger partial charge < -0.3 is 21.1 Å². The molecule has 0 aliphatic carbocycles. The lowest BCUT2D eigenvalue weighted by Gasteiger charge is -2.23. The SMILES string of the molecule is C=C/C=C/C(=O)C[C@@H](CCCN=C(N)N[N+](=O)[O-])C(=O)N[C@@H](CC(C)C)B(O)O. The standard InChI is InChI=1S/C17H30BN5O6/c1-4-5-8-14(24)11-13(7-6-9-20-17(19)22-23(28)29)16(25)21-15(18(26)27)10-12(2)3/h4-5,8,12-13,15,26-27H,1,6-7,9-11H2,2-3H3,(H,21,25)(H3,19,20,22)/b8-5+/t13-,15+/m1/s1. The first-order valence-electron chi connectivity index (χ1n) is 9.26. The molecule has 0 unspecified atom stereocenters. The summed E-state index contributed by atoms with van der Waals surface area (Å²) in [6, 6.07) is 0. The average molecular weight is 411 g/mol. The molecule has 0 aromatic carbocycles. The minimum absolute atomic E-state index is 0.0849. The highest BCUT2D eigenvalue weighted by Gasteiger charge is 2.29. The zero-order valence-corrected chi connectivity index (χ0v) is 16.8. The number of carbonyl (C=O) groups is 2. The number of carbonyl (C=O) groups excluding carboxylic acids is 2. The number of nitro groups is 1. The normalized spacial score (nSPS) is 13.8. The van der Waals surface area contributed by atoms with E-state index in [0.717, 1.165) is 0 Å². The third-order valence-electron chi connectivity index (χ3n) is 3.85. The van der Waals surface area contributed by atoms with Gasteiger partial charge in [-0.2, -0.15) is 0 Å². The molecule has 2 atom stereocenters. The van der Waals surface area contributed by atoms with Gasteiger partial charge in [-0.15, -0.1) is 0 Å². The maximum absolute atomic E-state index is 12.6. The Kier molecular flexibility index (Phi) is 13.0. The van der Waals surface area contributed by atoms with Gasteiger partial charge in [-0.3, -0.25) is 9.59 Å². The summed E-state index contributed by atoms with van der Waals surface area (Å²) in [5.41, 5.74) is 7.03. The smallest absolute Gasteiger partial charge is 0.426 e. The Morgan fingerprint density at radius 3 is 2.55 bits per heavy atom. The number of rotatable bonds is 14. The van der Waals surface area contributed by atoms with Crippen molar-refractivity contribution in [2.75, 3.05) is 6.54 Å². The fourth-order valence-corrected chi connectivity index (χ4v) is 2.54. The number of guanidine groups is 1. The van der Waals surface area contributed by atoms with Crippen molar-refractivity contribution in [1.82, 2.24) is 10.7 Å². The van der Waals surface area contributed by atoms with Gasteiger partial charge in [0.05, 0.1) is 5.94 Å². The number of amides is 1. The Labute approximate surface area is 170 Å². The first-order valence-corrected chi connectivity index (χ1v) is 9.26. The van der Waals surface area contributed by atoms with Crippen LogP contribution in [0.15, 0.2) is 29.8 Å². The highest BCUT2D eigenvalue weighted by molar-refractivity contribution is 6.43. The third-order valence-corrected chi connectivity index (χ3v) is 3.85. The van der Waals surface area contributed by atoms with Gasteiger partial charge in [0.2, 0.25) is 5.91 Å². The van der Waals surface area contributed by atoms with E-state index in [0.29, 0.717) is 12.8 Å². The number of nitrogens with one attached hydrogen (secondary N) is 2. The molecule has 0 spiro atoms. The van der Waals surface area contributed by atoms with Crippen molar-refractivity contribution >= 4 is 24.8 Å². The van der Waals surface area contributed by atoms with Crippen LogP contribution in [0.5, 0.6) is 0 Å². The van der Waals surface area contributed by atoms with Crippen LogP contribution in [0.3, 0.4) is 0 Å². The summed E-state index contributed by atoms with van der Waals surface area (Å²) in [5.74, 6) is -2.60. The second kappa shape index (κ2) is 14.3. The van der Waals surface area contributed by atoms with Crippen LogP contribution in [0.1, 0.15) is 39.5 Å². The van der Waals surface area contributed by atoms with Crippen LogP contribution in [0.4, 0.5) is 0 Å². The average Bonchev–Trinajstić information content (AvgIpc) is 2.60. The van der Waals surface area contributed by atoms with Crippen molar-refractivity contribution in [2.45, 2.75) is 45.5 Å². The Morgan fingerprint density at radius 2 is 2.03 bits per heavy atom. The summed E-state index contributed by atoms with van der Waals surface area (Å²) in [6.45, 7) is 7.35. The molecule has 11 nitrogen and oxygen atoms in total. The van der Waals surface area contributed by atoms with Crippen LogP contribution in [-0.4, -0.2) is 52.3 Å². The Hall–Kier alpha value is -2.73. The number of aliphatic imine (C=N–C) groups is 1. The number of hydrazine groups is 1. The molecular weight excluding hydrogens is 381 g/mol. The third kappa shape index (κ3) is 13.1. The predicted molar refractivity (Wildman–Crippen MR) is 110 cm³/mol. The molecule has 29 heavy (non-hydrogen) atoms. The largest absolute Gasteiger partial charge is 0.475 e. The topological polar surface area (TPSA) is 180 Å². The van der Waals surface area contributed by atoms with Crippen LogP contribution in [0.25, 0.3) is 0 Å². The van der Waals surface area contributed by atoms with E-state index in [1.54, 1.807) is 5.43 Å². The Morgan fingerprint density at radius 1 is 1.38 bits per heavy atom. The van der Waals surface area contributed by atoms with Crippen molar-refractivity contribution in [1.29, 1.82) is 0 Å². The molecular formula is C17H30BN5O6. The van der Waals surface area contributed by atoms with Gasteiger partial charge >= 0.3 is 7.12 Å². The summed E-state index contributed by atoms with van der Waals surface area (Å²) >= 11 is 0. The van der Waals surface area contributed by atoms with E-state index in [2.05, 4.69) is 16.9 Å². The van der Waals surface area contributed by atoms with E-state index < -0.39 is 29.9 Å². The van der Waals surface area contributed by atoms with Crippen LogP contribution in [0.2, 0.25) is 0 Å². The lowest BCUT2D eigenvalue weighted by Crippen LogP contribution is -2.49. The number of ketones is 1. The van der Waals surface area contributed by atoms with E-state index in [1.807, 2.05) is 13.8 Å². The zero-order chi connectivity index (χ0) is 22.4. The number of nitrogens with two attached hydrogens (primary N) is 1. The van der Waals surface area contributed by atoms with Crippen molar-refractivity contribution < 1.29 is 24.7 Å². The molecule has 0 rings (SSSR count). The summed E-state index contributed by atoms with van der Waals surface area (Å²) < 4.78 is 0. The summed E-state index contributed by atoms with van der Waals surface area (Å²) in [6.07, 6.45) is 5.07. The summed E-state index contributed by atoms with van der Waals surface area (Å²) in [7, 11) is -1.73. The molecule has 1 amide bonds. The number of hydrogen-bond donors (Lipinski definition) is 5. The fraction of sp³-hybridized carbons (Fsp3) is 0.588.